The van der Waals surface area contributed by atoms with Crippen LogP contribution >= 0.6 is 12.4 Å². The molecule has 1 aliphatic rings. The molecule has 0 spiro atoms. The molecule has 108 valence electrons. The summed E-state index contributed by atoms with van der Waals surface area (Å²) in [4.78, 5) is 13.8. The zero-order chi connectivity index (χ0) is 13.4. The van der Waals surface area contributed by atoms with Gasteiger partial charge in [0.2, 0.25) is 5.91 Å². The average molecular weight is 299 g/mol. The van der Waals surface area contributed by atoms with E-state index in [2.05, 4.69) is 0 Å². The Morgan fingerprint density at radius 1 is 1.33 bits per heavy atom. The molecule has 1 aliphatic heterocycles. The molecular formula is C11H23ClN2O3S. The second-order valence-corrected chi connectivity index (χ2v) is 7.47. The van der Waals surface area contributed by atoms with Crippen molar-refractivity contribution in [3.63, 3.8) is 0 Å². The van der Waals surface area contributed by atoms with Crippen LogP contribution in [-0.2, 0) is 14.6 Å². The third-order valence-electron chi connectivity index (χ3n) is 3.82. The lowest BCUT2D eigenvalue weighted by Crippen LogP contribution is -2.56. The molecule has 18 heavy (non-hydrogen) atoms. The Labute approximate surface area is 115 Å². The van der Waals surface area contributed by atoms with Crippen LogP contribution in [0.15, 0.2) is 0 Å². The van der Waals surface area contributed by atoms with Crippen LogP contribution in [0.3, 0.4) is 0 Å². The number of rotatable bonds is 2. The molecule has 2 N–H and O–H groups in total. The number of halogens is 1. The van der Waals surface area contributed by atoms with Gasteiger partial charge in [-0.3, -0.25) is 4.79 Å². The minimum absolute atomic E-state index is 0. The molecular weight excluding hydrogens is 276 g/mol. The Morgan fingerprint density at radius 3 is 2.28 bits per heavy atom. The van der Waals surface area contributed by atoms with E-state index in [0.29, 0.717) is 0 Å². The highest BCUT2D eigenvalue weighted by atomic mass is 35.5. The molecule has 0 aromatic rings. The highest BCUT2D eigenvalue weighted by molar-refractivity contribution is 7.92. The van der Waals surface area contributed by atoms with E-state index >= 15 is 0 Å². The summed E-state index contributed by atoms with van der Waals surface area (Å²) < 4.78 is 23.4. The Bertz CT molecular complexity index is 397. The average Bonchev–Trinajstić information content (AvgIpc) is 2.24. The maximum Gasteiger partial charge on any atom is 0.227 e. The summed E-state index contributed by atoms with van der Waals surface area (Å²) in [5, 5.41) is -0.500. The normalized spacial score (nSPS) is 30.2. The van der Waals surface area contributed by atoms with Gasteiger partial charge in [0.1, 0.15) is 0 Å². The Hall–Kier alpha value is -0.330. The first-order chi connectivity index (χ1) is 7.68. The van der Waals surface area contributed by atoms with Gasteiger partial charge in [0, 0.05) is 18.6 Å². The lowest BCUT2D eigenvalue weighted by atomic mass is 10.0. The predicted molar refractivity (Wildman–Crippen MR) is 74.5 cm³/mol. The molecule has 4 unspecified atom stereocenters. The molecule has 1 saturated heterocycles. The van der Waals surface area contributed by atoms with Crippen molar-refractivity contribution in [2.24, 2.45) is 11.7 Å². The van der Waals surface area contributed by atoms with E-state index in [4.69, 9.17) is 5.73 Å². The number of hydrogen-bond acceptors (Lipinski definition) is 4. The van der Waals surface area contributed by atoms with E-state index in [-0.39, 0.29) is 48.6 Å². The van der Waals surface area contributed by atoms with Crippen molar-refractivity contribution in [1.82, 2.24) is 4.90 Å². The van der Waals surface area contributed by atoms with E-state index in [0.717, 1.165) is 0 Å². The van der Waals surface area contributed by atoms with Crippen molar-refractivity contribution in [2.75, 3.05) is 12.3 Å². The Kier molecular flexibility index (Phi) is 6.10. The van der Waals surface area contributed by atoms with Gasteiger partial charge >= 0.3 is 0 Å². The number of carbonyl (C=O) groups excluding carboxylic acids is 1. The van der Waals surface area contributed by atoms with Gasteiger partial charge in [0.15, 0.2) is 9.84 Å². The summed E-state index contributed by atoms with van der Waals surface area (Å²) in [5.41, 5.74) is 5.71. The predicted octanol–water partition coefficient (Wildman–Crippen LogP) is 0.426. The first-order valence-electron chi connectivity index (χ1n) is 5.96. The zero-order valence-corrected chi connectivity index (χ0v) is 12.9. The first-order valence-corrected chi connectivity index (χ1v) is 7.67. The highest BCUT2D eigenvalue weighted by Crippen LogP contribution is 2.21. The molecule has 0 aromatic heterocycles. The Balaban J connectivity index is 0.00000289. The maximum atomic E-state index is 12.2. The molecule has 0 bridgehead atoms. The minimum Gasteiger partial charge on any atom is -0.337 e. The molecule has 4 atom stereocenters. The molecule has 0 radical (unpaired) electrons. The monoisotopic (exact) mass is 298 g/mol. The van der Waals surface area contributed by atoms with Crippen molar-refractivity contribution in [2.45, 2.75) is 45.0 Å². The summed E-state index contributed by atoms with van der Waals surface area (Å²) in [7, 11) is -3.05. The number of sulfone groups is 1. The van der Waals surface area contributed by atoms with Crippen LogP contribution in [0.4, 0.5) is 0 Å². The summed E-state index contributed by atoms with van der Waals surface area (Å²) in [6.45, 7) is 7.30. The smallest absolute Gasteiger partial charge is 0.227 e. The number of nitrogens with two attached hydrogens (primary N) is 1. The number of amides is 1. The van der Waals surface area contributed by atoms with E-state index in [1.807, 2.05) is 0 Å². The van der Waals surface area contributed by atoms with Crippen LogP contribution in [-0.4, -0.2) is 48.9 Å². The summed E-state index contributed by atoms with van der Waals surface area (Å²) in [5.74, 6) is -0.268. The first kappa shape index (κ1) is 17.7. The molecule has 0 aliphatic carbocycles. The topological polar surface area (TPSA) is 80.5 Å². The molecule has 7 heteroatoms. The second kappa shape index (κ2) is 6.21. The number of nitrogens with zero attached hydrogens (tertiary/aromatic N) is 1. The van der Waals surface area contributed by atoms with Gasteiger partial charge in [0.25, 0.3) is 0 Å². The van der Waals surface area contributed by atoms with Crippen molar-refractivity contribution in [3.05, 3.63) is 0 Å². The molecule has 1 fully saturated rings. The van der Waals surface area contributed by atoms with Gasteiger partial charge in [-0.05, 0) is 20.8 Å². The van der Waals surface area contributed by atoms with E-state index in [1.165, 1.54) is 0 Å². The van der Waals surface area contributed by atoms with Gasteiger partial charge < -0.3 is 10.6 Å². The summed E-state index contributed by atoms with van der Waals surface area (Å²) in [6, 6.07) is -0.494. The zero-order valence-electron chi connectivity index (χ0n) is 11.3. The van der Waals surface area contributed by atoms with Crippen LogP contribution in [0.1, 0.15) is 27.7 Å². The highest BCUT2D eigenvalue weighted by Gasteiger charge is 2.39. The largest absolute Gasteiger partial charge is 0.337 e. The van der Waals surface area contributed by atoms with Crippen LogP contribution in [0, 0.1) is 5.92 Å². The second-order valence-electron chi connectivity index (χ2n) is 4.99. The third-order valence-corrected chi connectivity index (χ3v) is 6.09. The molecule has 0 saturated carbocycles. The molecule has 5 nitrogen and oxygen atoms in total. The van der Waals surface area contributed by atoms with Crippen LogP contribution < -0.4 is 5.73 Å². The van der Waals surface area contributed by atoms with Crippen molar-refractivity contribution < 1.29 is 13.2 Å². The molecule has 1 amide bonds. The number of carbonyl (C=O) groups is 1. The van der Waals surface area contributed by atoms with Crippen molar-refractivity contribution >= 4 is 28.2 Å². The summed E-state index contributed by atoms with van der Waals surface area (Å²) >= 11 is 0. The SMILES string of the molecule is CC(N)C(C)C(=O)N1CCS(=O)(=O)C(C)C1C.Cl. The van der Waals surface area contributed by atoms with E-state index in [9.17, 15) is 13.2 Å². The van der Waals surface area contributed by atoms with E-state index in [1.54, 1.807) is 32.6 Å². The van der Waals surface area contributed by atoms with Crippen LogP contribution in [0.25, 0.3) is 0 Å². The quantitative estimate of drug-likeness (QED) is 0.801. The van der Waals surface area contributed by atoms with E-state index < -0.39 is 15.1 Å². The Morgan fingerprint density at radius 2 is 1.83 bits per heavy atom. The van der Waals surface area contributed by atoms with Gasteiger partial charge in [-0.25, -0.2) is 8.42 Å². The molecule has 1 heterocycles. The fraction of sp³-hybridized carbons (Fsp3) is 0.909. The maximum absolute atomic E-state index is 12.2. The third kappa shape index (κ3) is 3.36. The standard InChI is InChI=1S/C11H22N2O3S.ClH/c1-7(8(2)12)11(14)13-5-6-17(15,16)10(4)9(13)3;/h7-10H,5-6,12H2,1-4H3;1H. The molecule has 1 rings (SSSR count). The summed E-state index contributed by atoms with van der Waals surface area (Å²) in [6.07, 6.45) is 0. The molecule has 0 aromatic carbocycles. The fourth-order valence-corrected chi connectivity index (χ4v) is 3.54. The van der Waals surface area contributed by atoms with Gasteiger partial charge in [-0.1, -0.05) is 6.92 Å². The van der Waals surface area contributed by atoms with Crippen molar-refractivity contribution in [3.8, 4) is 0 Å². The van der Waals surface area contributed by atoms with Crippen LogP contribution in [0.5, 0.6) is 0 Å². The van der Waals surface area contributed by atoms with Crippen LogP contribution in [0.2, 0.25) is 0 Å². The van der Waals surface area contributed by atoms with Crippen molar-refractivity contribution in [1.29, 1.82) is 0 Å². The fourth-order valence-electron chi connectivity index (χ4n) is 1.97. The lowest BCUT2D eigenvalue weighted by molar-refractivity contribution is -0.137. The van der Waals surface area contributed by atoms with Gasteiger partial charge in [-0.2, -0.15) is 0 Å². The van der Waals surface area contributed by atoms with Gasteiger partial charge in [0.05, 0.1) is 16.9 Å². The van der Waals surface area contributed by atoms with Gasteiger partial charge in [-0.15, -0.1) is 12.4 Å². The lowest BCUT2D eigenvalue weighted by Gasteiger charge is -2.39. The number of hydrogen-bond donors (Lipinski definition) is 1. The minimum atomic E-state index is -3.05.